The van der Waals surface area contributed by atoms with Crippen LogP contribution in [0.1, 0.15) is 48.4 Å². The van der Waals surface area contributed by atoms with Gasteiger partial charge in [0.2, 0.25) is 0 Å². The number of aliphatic hydroxyl groups excluding tert-OH is 1. The van der Waals surface area contributed by atoms with Crippen molar-refractivity contribution in [3.8, 4) is 6.07 Å². The Balaban J connectivity index is 1.75. The zero-order chi connectivity index (χ0) is 16.4. The third-order valence-electron chi connectivity index (χ3n) is 5.23. The van der Waals surface area contributed by atoms with E-state index in [9.17, 15) is 5.11 Å². The molecule has 0 saturated carbocycles. The van der Waals surface area contributed by atoms with Crippen molar-refractivity contribution >= 4 is 11.3 Å². The van der Waals surface area contributed by atoms with Gasteiger partial charge >= 0.3 is 0 Å². The fraction of sp³-hybridized carbons (Fsp3) is 0.722. The second-order valence-electron chi connectivity index (χ2n) is 6.81. The zero-order valence-electron chi connectivity index (χ0n) is 14.0. The number of rotatable bonds is 4. The lowest BCUT2D eigenvalue weighted by Crippen LogP contribution is -2.52. The summed E-state index contributed by atoms with van der Waals surface area (Å²) < 4.78 is 6.33. The average molecular weight is 334 g/mol. The number of aliphatic hydroxyl groups is 1. The van der Waals surface area contributed by atoms with Gasteiger partial charge in [-0.2, -0.15) is 5.26 Å². The number of hydrogen-bond donors (Lipinski definition) is 1. The first-order chi connectivity index (χ1) is 11.1. The molecule has 0 aromatic carbocycles. The number of thiophene rings is 1. The Hall–Kier alpha value is -0.930. The molecule has 0 aliphatic carbocycles. The summed E-state index contributed by atoms with van der Waals surface area (Å²) in [6.45, 7) is 6.75. The molecule has 3 heterocycles. The van der Waals surface area contributed by atoms with Gasteiger partial charge in [0.1, 0.15) is 0 Å². The molecule has 4 nitrogen and oxygen atoms in total. The lowest BCUT2D eigenvalue weighted by Gasteiger charge is -2.47. The molecule has 0 amide bonds. The van der Waals surface area contributed by atoms with E-state index in [1.165, 1.54) is 15.3 Å². The summed E-state index contributed by atoms with van der Waals surface area (Å²) in [5, 5.41) is 18.6. The van der Waals surface area contributed by atoms with Crippen LogP contribution in [0.4, 0.5) is 0 Å². The molecule has 1 fully saturated rings. The minimum Gasteiger partial charge on any atom is -0.391 e. The fourth-order valence-corrected chi connectivity index (χ4v) is 5.16. The van der Waals surface area contributed by atoms with Gasteiger partial charge < -0.3 is 9.84 Å². The van der Waals surface area contributed by atoms with Crippen molar-refractivity contribution in [3.05, 3.63) is 21.4 Å². The Labute approximate surface area is 142 Å². The van der Waals surface area contributed by atoms with Crippen LogP contribution in [-0.4, -0.2) is 41.8 Å². The standard InChI is InChI=1S/C18H26N2O2S/c1-3-15-10-16-17(23-15)5-9-22-18(16)6-8-20(13(2)11-18)12-14(21)4-7-19/h10,13-14,21H,3-6,8-9,11-12H2,1-2H3/t13-,14?,18+/m0/s1. The van der Waals surface area contributed by atoms with Gasteiger partial charge in [-0.15, -0.1) is 11.3 Å². The summed E-state index contributed by atoms with van der Waals surface area (Å²) in [4.78, 5) is 5.27. The zero-order valence-corrected chi connectivity index (χ0v) is 14.9. The molecule has 3 atom stereocenters. The van der Waals surface area contributed by atoms with Crippen LogP contribution in [0.25, 0.3) is 0 Å². The molecule has 1 spiro atoms. The predicted octanol–water partition coefficient (Wildman–Crippen LogP) is 2.84. The van der Waals surface area contributed by atoms with E-state index in [1.54, 1.807) is 0 Å². The van der Waals surface area contributed by atoms with E-state index in [-0.39, 0.29) is 12.0 Å². The van der Waals surface area contributed by atoms with Gasteiger partial charge in [0.05, 0.1) is 30.8 Å². The Bertz CT molecular complexity index is 594. The molecule has 23 heavy (non-hydrogen) atoms. The van der Waals surface area contributed by atoms with Crippen LogP contribution in [0.2, 0.25) is 0 Å². The molecule has 3 rings (SSSR count). The Morgan fingerprint density at radius 2 is 2.43 bits per heavy atom. The second kappa shape index (κ2) is 6.90. The summed E-state index contributed by atoms with van der Waals surface area (Å²) in [5.74, 6) is 0. The number of β-amino-alcohol motifs (C(OH)–C–C–N with tert-alkyl or cyclic N) is 1. The average Bonchev–Trinajstić information content (AvgIpc) is 2.96. The Morgan fingerprint density at radius 1 is 1.61 bits per heavy atom. The van der Waals surface area contributed by atoms with E-state index in [2.05, 4.69) is 30.9 Å². The molecule has 1 saturated heterocycles. The van der Waals surface area contributed by atoms with Gasteiger partial charge in [-0.3, -0.25) is 4.90 Å². The molecular weight excluding hydrogens is 308 g/mol. The van der Waals surface area contributed by atoms with E-state index in [0.717, 1.165) is 38.8 Å². The van der Waals surface area contributed by atoms with Gasteiger partial charge in [-0.1, -0.05) is 6.92 Å². The molecule has 1 unspecified atom stereocenters. The van der Waals surface area contributed by atoms with Crippen molar-refractivity contribution in [3.63, 3.8) is 0 Å². The van der Waals surface area contributed by atoms with Crippen LogP contribution in [0, 0.1) is 11.3 Å². The van der Waals surface area contributed by atoms with Crippen LogP contribution in [0.15, 0.2) is 6.07 Å². The topological polar surface area (TPSA) is 56.5 Å². The third-order valence-corrected chi connectivity index (χ3v) is 6.57. The number of aryl methyl sites for hydroxylation is 1. The van der Waals surface area contributed by atoms with Crippen molar-refractivity contribution < 1.29 is 9.84 Å². The number of nitrogens with zero attached hydrogens (tertiary/aromatic N) is 2. The fourth-order valence-electron chi connectivity index (χ4n) is 3.99. The maximum atomic E-state index is 9.92. The first-order valence-electron chi connectivity index (χ1n) is 8.63. The summed E-state index contributed by atoms with van der Waals surface area (Å²) >= 11 is 1.95. The number of fused-ring (bicyclic) bond motifs is 2. The van der Waals surface area contributed by atoms with E-state index < -0.39 is 6.10 Å². The van der Waals surface area contributed by atoms with Crippen molar-refractivity contribution in [2.45, 2.75) is 63.7 Å². The minimum absolute atomic E-state index is 0.131. The van der Waals surface area contributed by atoms with Gasteiger partial charge in [0.25, 0.3) is 0 Å². The number of piperidine rings is 1. The van der Waals surface area contributed by atoms with Gasteiger partial charge in [0.15, 0.2) is 0 Å². The number of likely N-dealkylation sites (tertiary alicyclic amines) is 1. The van der Waals surface area contributed by atoms with Gasteiger partial charge in [0, 0.05) is 35.3 Å². The highest BCUT2D eigenvalue weighted by Crippen LogP contribution is 2.46. The predicted molar refractivity (Wildman–Crippen MR) is 91.5 cm³/mol. The number of hydrogen-bond acceptors (Lipinski definition) is 5. The van der Waals surface area contributed by atoms with Crippen LogP contribution < -0.4 is 0 Å². The highest BCUT2D eigenvalue weighted by molar-refractivity contribution is 7.12. The van der Waals surface area contributed by atoms with E-state index in [0.29, 0.717) is 12.6 Å². The summed E-state index contributed by atoms with van der Waals surface area (Å²) in [6.07, 6.45) is 3.74. The van der Waals surface area contributed by atoms with Crippen molar-refractivity contribution in [2.24, 2.45) is 0 Å². The molecular formula is C18H26N2O2S. The van der Waals surface area contributed by atoms with E-state index in [4.69, 9.17) is 10.00 Å². The summed E-state index contributed by atoms with van der Waals surface area (Å²) in [7, 11) is 0. The molecule has 5 heteroatoms. The van der Waals surface area contributed by atoms with Crippen LogP contribution in [0.3, 0.4) is 0 Å². The van der Waals surface area contributed by atoms with E-state index >= 15 is 0 Å². The van der Waals surface area contributed by atoms with Gasteiger partial charge in [-0.25, -0.2) is 0 Å². The Morgan fingerprint density at radius 3 is 3.13 bits per heavy atom. The monoisotopic (exact) mass is 334 g/mol. The quantitative estimate of drug-likeness (QED) is 0.920. The first kappa shape index (κ1) is 16.9. The lowest BCUT2D eigenvalue weighted by atomic mass is 9.79. The smallest absolute Gasteiger partial charge is 0.0969 e. The first-order valence-corrected chi connectivity index (χ1v) is 9.44. The number of nitriles is 1. The Kier molecular flexibility index (Phi) is 5.07. The second-order valence-corrected chi connectivity index (χ2v) is 8.03. The van der Waals surface area contributed by atoms with Crippen LogP contribution in [-0.2, 0) is 23.2 Å². The van der Waals surface area contributed by atoms with Gasteiger partial charge in [-0.05, 0) is 37.8 Å². The summed E-state index contributed by atoms with van der Waals surface area (Å²) in [5.41, 5.74) is 1.29. The van der Waals surface area contributed by atoms with Crippen molar-refractivity contribution in [1.82, 2.24) is 4.90 Å². The largest absolute Gasteiger partial charge is 0.391 e. The maximum absolute atomic E-state index is 9.92. The van der Waals surface area contributed by atoms with Crippen molar-refractivity contribution in [1.29, 1.82) is 5.26 Å². The molecule has 1 aromatic rings. The third kappa shape index (κ3) is 3.32. The molecule has 0 bridgehead atoms. The molecule has 2 aliphatic rings. The van der Waals surface area contributed by atoms with Crippen LogP contribution >= 0.6 is 11.3 Å². The molecule has 2 aliphatic heterocycles. The van der Waals surface area contributed by atoms with Crippen LogP contribution in [0.5, 0.6) is 0 Å². The maximum Gasteiger partial charge on any atom is 0.0969 e. The number of ether oxygens (including phenoxy) is 1. The van der Waals surface area contributed by atoms with Crippen molar-refractivity contribution in [2.75, 3.05) is 19.7 Å². The van der Waals surface area contributed by atoms with E-state index in [1.807, 2.05) is 11.3 Å². The molecule has 126 valence electrons. The molecule has 1 N–H and O–H groups in total. The molecule has 0 radical (unpaired) electrons. The summed E-state index contributed by atoms with van der Waals surface area (Å²) in [6, 6.07) is 4.77. The highest BCUT2D eigenvalue weighted by atomic mass is 32.1. The SMILES string of the molecule is CCc1cc2c(s1)CCO[C@@]21CCN(CC(O)CC#N)[C@@H](C)C1. The minimum atomic E-state index is -0.549. The lowest BCUT2D eigenvalue weighted by molar-refractivity contribution is -0.114. The normalized spacial score (nSPS) is 29.2. The molecule has 1 aromatic heterocycles. The highest BCUT2D eigenvalue weighted by Gasteiger charge is 2.44.